The van der Waals surface area contributed by atoms with Crippen molar-refractivity contribution in [2.75, 3.05) is 11.4 Å². The first kappa shape index (κ1) is 17.9. The van der Waals surface area contributed by atoms with Crippen molar-refractivity contribution >= 4 is 23.4 Å². The predicted molar refractivity (Wildman–Crippen MR) is 101 cm³/mol. The number of halogens is 2. The summed E-state index contributed by atoms with van der Waals surface area (Å²) in [7, 11) is 0. The van der Waals surface area contributed by atoms with Crippen LogP contribution in [0.4, 0.5) is 14.6 Å². The molecule has 0 bridgehead atoms. The van der Waals surface area contributed by atoms with E-state index in [2.05, 4.69) is 15.2 Å². The van der Waals surface area contributed by atoms with Crippen LogP contribution in [-0.4, -0.2) is 32.2 Å². The summed E-state index contributed by atoms with van der Waals surface area (Å²) in [6.45, 7) is 0.684. The van der Waals surface area contributed by atoms with Gasteiger partial charge in [0.1, 0.15) is 17.5 Å². The first-order valence-corrected chi connectivity index (χ1v) is 8.79. The van der Waals surface area contributed by atoms with E-state index in [0.29, 0.717) is 35.7 Å². The van der Waals surface area contributed by atoms with Crippen LogP contribution in [0.5, 0.6) is 0 Å². The van der Waals surface area contributed by atoms with E-state index in [-0.39, 0.29) is 11.9 Å². The van der Waals surface area contributed by atoms with Crippen LogP contribution in [0.25, 0.3) is 11.7 Å². The molecular formula is C19H18F2N6O. The molecule has 0 spiro atoms. The quantitative estimate of drug-likeness (QED) is 0.312. The molecule has 1 saturated heterocycles. The number of aromatic nitrogens is 3. The number of nitrogens with zero attached hydrogens (tertiary/aromatic N) is 5. The Bertz CT molecular complexity index is 1080. The Labute approximate surface area is 159 Å². The van der Waals surface area contributed by atoms with E-state index in [4.69, 9.17) is 10.9 Å². The van der Waals surface area contributed by atoms with Gasteiger partial charge in [0, 0.05) is 12.1 Å². The molecule has 1 aliphatic heterocycles. The third kappa shape index (κ3) is 3.26. The molecular weight excluding hydrogens is 366 g/mol. The maximum absolute atomic E-state index is 14.3. The van der Waals surface area contributed by atoms with Gasteiger partial charge >= 0.3 is 0 Å². The first-order valence-electron chi connectivity index (χ1n) is 8.79. The molecule has 0 saturated carbocycles. The molecule has 1 aliphatic rings. The second-order valence-corrected chi connectivity index (χ2v) is 6.52. The molecule has 3 heterocycles. The molecule has 144 valence electrons. The summed E-state index contributed by atoms with van der Waals surface area (Å²) in [4.78, 5) is 6.24. The lowest BCUT2D eigenvalue weighted by Crippen LogP contribution is -2.25. The van der Waals surface area contributed by atoms with Crippen LogP contribution >= 0.6 is 0 Å². The number of hydrogen-bond donors (Lipinski definition) is 2. The molecule has 3 aromatic rings. The van der Waals surface area contributed by atoms with Crippen LogP contribution < -0.4 is 10.6 Å². The Hall–Kier alpha value is -3.49. The molecule has 9 heteroatoms. The van der Waals surface area contributed by atoms with E-state index < -0.39 is 11.6 Å². The number of fused-ring (bicyclic) bond motifs is 1. The molecule has 28 heavy (non-hydrogen) atoms. The minimum atomic E-state index is -0.461. The monoisotopic (exact) mass is 384 g/mol. The minimum Gasteiger partial charge on any atom is -0.409 e. The SMILES string of the molecule is NC(C=Cc1cnc2ccc(N3CCC[C@@H]3c3cc(F)ccc3F)nn12)=NO. The average Bonchev–Trinajstić information content (AvgIpc) is 3.34. The second-order valence-electron chi connectivity index (χ2n) is 6.52. The van der Waals surface area contributed by atoms with Crippen molar-refractivity contribution in [3.05, 3.63) is 65.5 Å². The molecule has 1 atom stereocenters. The lowest BCUT2D eigenvalue weighted by molar-refractivity contribution is 0.319. The molecule has 2 aromatic heterocycles. The number of benzene rings is 1. The Kier molecular flexibility index (Phi) is 4.64. The summed E-state index contributed by atoms with van der Waals surface area (Å²) >= 11 is 0. The Morgan fingerprint density at radius 3 is 2.96 bits per heavy atom. The molecule has 0 aliphatic carbocycles. The van der Waals surface area contributed by atoms with Gasteiger partial charge in [-0.25, -0.2) is 18.3 Å². The topological polar surface area (TPSA) is 92.0 Å². The van der Waals surface area contributed by atoms with Crippen molar-refractivity contribution in [3.63, 3.8) is 0 Å². The van der Waals surface area contributed by atoms with E-state index >= 15 is 0 Å². The van der Waals surface area contributed by atoms with Crippen LogP contribution in [0.1, 0.15) is 30.1 Å². The highest BCUT2D eigenvalue weighted by Gasteiger charge is 2.30. The molecule has 1 fully saturated rings. The van der Waals surface area contributed by atoms with Crippen LogP contribution in [0.2, 0.25) is 0 Å². The van der Waals surface area contributed by atoms with Crippen LogP contribution in [0.3, 0.4) is 0 Å². The van der Waals surface area contributed by atoms with Gasteiger partial charge < -0.3 is 15.8 Å². The van der Waals surface area contributed by atoms with Gasteiger partial charge in [-0.1, -0.05) is 5.16 Å². The summed E-state index contributed by atoms with van der Waals surface area (Å²) in [6.07, 6.45) is 6.22. The average molecular weight is 384 g/mol. The zero-order valence-electron chi connectivity index (χ0n) is 14.8. The van der Waals surface area contributed by atoms with Gasteiger partial charge in [-0.3, -0.25) is 0 Å². The van der Waals surface area contributed by atoms with Crippen molar-refractivity contribution < 1.29 is 14.0 Å². The van der Waals surface area contributed by atoms with E-state index in [0.717, 1.165) is 18.6 Å². The molecule has 0 amide bonds. The fourth-order valence-corrected chi connectivity index (χ4v) is 3.49. The number of rotatable bonds is 4. The number of anilines is 1. The Morgan fingerprint density at radius 2 is 2.14 bits per heavy atom. The minimum absolute atomic E-state index is 0.0488. The lowest BCUT2D eigenvalue weighted by Gasteiger charge is -2.26. The third-order valence-corrected chi connectivity index (χ3v) is 4.78. The largest absolute Gasteiger partial charge is 0.409 e. The van der Waals surface area contributed by atoms with Crippen LogP contribution in [0.15, 0.2) is 47.8 Å². The highest BCUT2D eigenvalue weighted by atomic mass is 19.1. The maximum atomic E-state index is 14.3. The molecule has 0 unspecified atom stereocenters. The zero-order valence-corrected chi connectivity index (χ0v) is 14.8. The molecule has 7 nitrogen and oxygen atoms in total. The standard InChI is InChI=1S/C19H18F2N6O/c20-12-3-5-15(21)14(10-12)16-2-1-9-26(16)19-8-7-18-23-11-13(27(18)24-19)4-6-17(22)25-28/h3-8,10-11,16,28H,1-2,9H2,(H2,22,25)/t16-/m1/s1. The fraction of sp³-hybridized carbons (Fsp3) is 0.211. The van der Waals surface area contributed by atoms with Gasteiger partial charge in [0.05, 0.1) is 17.9 Å². The van der Waals surface area contributed by atoms with Gasteiger partial charge in [-0.2, -0.15) is 0 Å². The highest BCUT2D eigenvalue weighted by Crippen LogP contribution is 2.36. The van der Waals surface area contributed by atoms with Crippen LogP contribution in [0, 0.1) is 11.6 Å². The summed E-state index contributed by atoms with van der Waals surface area (Å²) < 4.78 is 29.6. The van der Waals surface area contributed by atoms with Gasteiger partial charge in [-0.15, -0.1) is 5.10 Å². The van der Waals surface area contributed by atoms with Crippen molar-refractivity contribution in [1.82, 2.24) is 14.6 Å². The normalized spacial score (nSPS) is 17.9. The lowest BCUT2D eigenvalue weighted by atomic mass is 10.0. The van der Waals surface area contributed by atoms with E-state index in [1.807, 2.05) is 11.0 Å². The number of nitrogens with two attached hydrogens (primary N) is 1. The smallest absolute Gasteiger partial charge is 0.162 e. The maximum Gasteiger partial charge on any atom is 0.162 e. The summed E-state index contributed by atoms with van der Waals surface area (Å²) in [6, 6.07) is 6.85. The third-order valence-electron chi connectivity index (χ3n) is 4.78. The molecule has 4 rings (SSSR count). The van der Waals surface area contributed by atoms with Gasteiger partial charge in [0.2, 0.25) is 0 Å². The van der Waals surface area contributed by atoms with Crippen molar-refractivity contribution in [1.29, 1.82) is 0 Å². The first-order chi connectivity index (χ1) is 13.6. The number of imidazole rings is 1. The van der Waals surface area contributed by atoms with E-state index in [1.165, 1.54) is 12.1 Å². The highest BCUT2D eigenvalue weighted by molar-refractivity contribution is 5.94. The van der Waals surface area contributed by atoms with E-state index in [9.17, 15) is 8.78 Å². The fourth-order valence-electron chi connectivity index (χ4n) is 3.49. The van der Waals surface area contributed by atoms with Gasteiger partial charge in [-0.05, 0) is 55.3 Å². The Morgan fingerprint density at radius 1 is 1.29 bits per heavy atom. The van der Waals surface area contributed by atoms with Crippen molar-refractivity contribution in [2.45, 2.75) is 18.9 Å². The molecule has 0 radical (unpaired) electrons. The zero-order chi connectivity index (χ0) is 19.7. The predicted octanol–water partition coefficient (Wildman–Crippen LogP) is 3.11. The second kappa shape index (κ2) is 7.26. The van der Waals surface area contributed by atoms with Gasteiger partial charge in [0.15, 0.2) is 11.5 Å². The van der Waals surface area contributed by atoms with Crippen molar-refractivity contribution in [3.8, 4) is 0 Å². The molecule has 1 aromatic carbocycles. The Balaban J connectivity index is 1.72. The number of amidine groups is 1. The summed E-state index contributed by atoms with van der Waals surface area (Å²) in [5.41, 5.74) is 7.05. The molecule has 3 N–H and O–H groups in total. The van der Waals surface area contributed by atoms with E-state index in [1.54, 1.807) is 22.9 Å². The summed E-state index contributed by atoms with van der Waals surface area (Å²) in [5, 5.41) is 16.2. The summed E-state index contributed by atoms with van der Waals surface area (Å²) in [5.74, 6) is -0.302. The number of oxime groups is 1. The number of hydrogen-bond acceptors (Lipinski definition) is 5. The van der Waals surface area contributed by atoms with Crippen LogP contribution in [-0.2, 0) is 0 Å². The van der Waals surface area contributed by atoms with Crippen molar-refractivity contribution in [2.24, 2.45) is 10.9 Å². The van der Waals surface area contributed by atoms with Gasteiger partial charge in [0.25, 0.3) is 0 Å².